The van der Waals surface area contributed by atoms with Crippen LogP contribution in [0.1, 0.15) is 20.8 Å². The van der Waals surface area contributed by atoms with Gasteiger partial charge in [-0.3, -0.25) is 4.79 Å². The lowest BCUT2D eigenvalue weighted by Gasteiger charge is -2.29. The minimum atomic E-state index is -0.745. The summed E-state index contributed by atoms with van der Waals surface area (Å²) in [5.41, 5.74) is 4.69. The second-order valence-corrected chi connectivity index (χ2v) is 5.45. The topological polar surface area (TPSA) is 85.8 Å². The minimum absolute atomic E-state index is 0.188. The van der Waals surface area contributed by atoms with Crippen molar-refractivity contribution in [2.75, 3.05) is 5.75 Å². The van der Waals surface area contributed by atoms with E-state index in [9.17, 15) is 4.79 Å². The second kappa shape index (κ2) is 5.50. The number of rotatable bonds is 6. The summed E-state index contributed by atoms with van der Waals surface area (Å²) < 4.78 is 1.81. The van der Waals surface area contributed by atoms with Crippen LogP contribution in [-0.4, -0.2) is 38.0 Å². The van der Waals surface area contributed by atoms with Gasteiger partial charge >= 0.3 is 0 Å². The molecule has 1 unspecified atom stereocenters. The molecule has 1 rings (SSSR count). The first-order chi connectivity index (χ1) is 7.85. The van der Waals surface area contributed by atoms with E-state index >= 15 is 0 Å². The average molecular weight is 257 g/mol. The van der Waals surface area contributed by atoms with Crippen molar-refractivity contribution in [1.82, 2.24) is 20.1 Å². The molecule has 1 heterocycles. The first kappa shape index (κ1) is 14.0. The molecule has 0 saturated heterocycles. The zero-order chi connectivity index (χ0) is 13.1. The molecule has 1 atom stereocenters. The van der Waals surface area contributed by atoms with Gasteiger partial charge in [0.25, 0.3) is 0 Å². The molecule has 1 amide bonds. The van der Waals surface area contributed by atoms with Crippen LogP contribution in [0.2, 0.25) is 0 Å². The van der Waals surface area contributed by atoms with Gasteiger partial charge in [-0.15, -0.1) is 10.2 Å². The van der Waals surface area contributed by atoms with Gasteiger partial charge in [-0.25, -0.2) is 0 Å². The van der Waals surface area contributed by atoms with Gasteiger partial charge in [0.1, 0.15) is 11.9 Å². The van der Waals surface area contributed by atoms with E-state index in [1.807, 2.05) is 20.9 Å². The minimum Gasteiger partial charge on any atom is -0.368 e. The summed E-state index contributed by atoms with van der Waals surface area (Å²) in [5.74, 6) is 0.161. The van der Waals surface area contributed by atoms with E-state index < -0.39 is 5.54 Å². The van der Waals surface area contributed by atoms with E-state index in [2.05, 4.69) is 15.5 Å². The highest BCUT2D eigenvalue weighted by Crippen LogP contribution is 2.20. The highest BCUT2D eigenvalue weighted by Gasteiger charge is 2.32. The van der Waals surface area contributed by atoms with Crippen molar-refractivity contribution < 1.29 is 4.79 Å². The van der Waals surface area contributed by atoms with E-state index in [0.717, 1.165) is 5.16 Å². The van der Waals surface area contributed by atoms with Crippen LogP contribution in [0.25, 0.3) is 0 Å². The van der Waals surface area contributed by atoms with Crippen molar-refractivity contribution in [1.29, 1.82) is 0 Å². The number of nitrogens with two attached hydrogens (primary N) is 1. The predicted molar refractivity (Wildman–Crippen MR) is 67.6 cm³/mol. The maximum absolute atomic E-state index is 11.5. The molecule has 0 aliphatic carbocycles. The molecule has 1 aromatic rings. The van der Waals surface area contributed by atoms with E-state index in [1.165, 1.54) is 11.8 Å². The van der Waals surface area contributed by atoms with Crippen LogP contribution in [-0.2, 0) is 11.8 Å². The summed E-state index contributed by atoms with van der Waals surface area (Å²) in [7, 11) is 1.86. The Labute approximate surface area is 105 Å². The zero-order valence-electron chi connectivity index (χ0n) is 10.6. The van der Waals surface area contributed by atoms with Gasteiger partial charge < -0.3 is 15.6 Å². The van der Waals surface area contributed by atoms with Crippen LogP contribution in [0.5, 0.6) is 0 Å². The van der Waals surface area contributed by atoms with Gasteiger partial charge in [-0.1, -0.05) is 11.8 Å². The summed E-state index contributed by atoms with van der Waals surface area (Å²) in [6.45, 7) is 5.76. The Hall–Kier alpha value is -1.08. The fourth-order valence-electron chi connectivity index (χ4n) is 1.43. The Morgan fingerprint density at radius 2 is 2.35 bits per heavy atom. The first-order valence-electron chi connectivity index (χ1n) is 5.39. The van der Waals surface area contributed by atoms with Crippen LogP contribution in [0.15, 0.2) is 11.5 Å². The van der Waals surface area contributed by atoms with Crippen LogP contribution in [0.4, 0.5) is 0 Å². The molecule has 0 aromatic carbocycles. The molecular formula is C10H19N5OS. The predicted octanol–water partition coefficient (Wildman–Crippen LogP) is 0.149. The van der Waals surface area contributed by atoms with E-state index in [1.54, 1.807) is 17.8 Å². The third kappa shape index (κ3) is 3.71. The lowest BCUT2D eigenvalue weighted by Crippen LogP contribution is -2.57. The Morgan fingerprint density at radius 1 is 1.71 bits per heavy atom. The highest BCUT2D eigenvalue weighted by molar-refractivity contribution is 7.99. The Balaban J connectivity index is 2.68. The van der Waals surface area contributed by atoms with Crippen LogP contribution >= 0.6 is 11.8 Å². The normalized spacial score (nSPS) is 14.9. The molecule has 0 saturated carbocycles. The maximum atomic E-state index is 11.5. The SMILES string of the molecule is CC(C)NC(C)(CSc1nncn1C)C(N)=O. The number of amides is 1. The van der Waals surface area contributed by atoms with Crippen LogP contribution < -0.4 is 11.1 Å². The Morgan fingerprint density at radius 3 is 2.76 bits per heavy atom. The molecule has 0 spiro atoms. The summed E-state index contributed by atoms with van der Waals surface area (Å²) >= 11 is 1.46. The number of hydrogen-bond donors (Lipinski definition) is 2. The Bertz CT molecular complexity index is 392. The standard InChI is InChI=1S/C10H19N5OS/c1-7(2)13-10(3,8(11)16)5-17-9-14-12-6-15(9)4/h6-7,13H,5H2,1-4H3,(H2,11,16). The molecule has 0 bridgehead atoms. The number of nitrogens with zero attached hydrogens (tertiary/aromatic N) is 3. The lowest BCUT2D eigenvalue weighted by atomic mass is 10.0. The molecule has 0 aliphatic heterocycles. The molecular weight excluding hydrogens is 238 g/mol. The fraction of sp³-hybridized carbons (Fsp3) is 0.700. The number of primary amides is 1. The van der Waals surface area contributed by atoms with Crippen LogP contribution in [0, 0.1) is 0 Å². The number of nitrogens with one attached hydrogen (secondary N) is 1. The summed E-state index contributed by atoms with van der Waals surface area (Å²) in [6.07, 6.45) is 1.62. The largest absolute Gasteiger partial charge is 0.368 e. The van der Waals surface area contributed by atoms with Gasteiger partial charge in [-0.05, 0) is 20.8 Å². The molecule has 3 N–H and O–H groups in total. The molecule has 0 radical (unpaired) electrons. The molecule has 96 valence electrons. The van der Waals surface area contributed by atoms with Crippen molar-refractivity contribution in [3.8, 4) is 0 Å². The number of carbonyl (C=O) groups excluding carboxylic acids is 1. The number of aromatic nitrogens is 3. The lowest BCUT2D eigenvalue weighted by molar-refractivity contribution is -0.123. The Kier molecular flexibility index (Phi) is 4.53. The van der Waals surface area contributed by atoms with Gasteiger partial charge in [-0.2, -0.15) is 0 Å². The quantitative estimate of drug-likeness (QED) is 0.708. The van der Waals surface area contributed by atoms with Gasteiger partial charge in [0, 0.05) is 18.8 Å². The summed E-state index contributed by atoms with van der Waals surface area (Å²) in [4.78, 5) is 11.5. The monoisotopic (exact) mass is 257 g/mol. The fourth-order valence-corrected chi connectivity index (χ4v) is 2.43. The molecule has 17 heavy (non-hydrogen) atoms. The first-order valence-corrected chi connectivity index (χ1v) is 6.38. The summed E-state index contributed by atoms with van der Waals surface area (Å²) in [5, 5.41) is 11.7. The van der Waals surface area contributed by atoms with Gasteiger partial charge in [0.15, 0.2) is 5.16 Å². The maximum Gasteiger partial charge on any atom is 0.238 e. The van der Waals surface area contributed by atoms with Gasteiger partial charge in [0.2, 0.25) is 5.91 Å². The number of thioether (sulfide) groups is 1. The molecule has 6 nitrogen and oxygen atoms in total. The summed E-state index contributed by atoms with van der Waals surface area (Å²) in [6, 6.07) is 0.188. The second-order valence-electron chi connectivity index (χ2n) is 4.51. The van der Waals surface area contributed by atoms with Crippen molar-refractivity contribution in [3.05, 3.63) is 6.33 Å². The van der Waals surface area contributed by atoms with Crippen molar-refractivity contribution in [3.63, 3.8) is 0 Å². The van der Waals surface area contributed by atoms with E-state index in [-0.39, 0.29) is 11.9 Å². The van der Waals surface area contributed by atoms with Crippen molar-refractivity contribution >= 4 is 17.7 Å². The van der Waals surface area contributed by atoms with Crippen LogP contribution in [0.3, 0.4) is 0 Å². The molecule has 1 aromatic heterocycles. The highest BCUT2D eigenvalue weighted by atomic mass is 32.2. The van der Waals surface area contributed by atoms with E-state index in [4.69, 9.17) is 5.73 Å². The van der Waals surface area contributed by atoms with E-state index in [0.29, 0.717) is 5.75 Å². The third-order valence-corrected chi connectivity index (χ3v) is 3.66. The molecule has 7 heteroatoms. The number of aryl methyl sites for hydroxylation is 1. The smallest absolute Gasteiger partial charge is 0.238 e. The van der Waals surface area contributed by atoms with Gasteiger partial charge in [0.05, 0.1) is 0 Å². The van der Waals surface area contributed by atoms with Crippen molar-refractivity contribution in [2.45, 2.75) is 37.5 Å². The van der Waals surface area contributed by atoms with Crippen molar-refractivity contribution in [2.24, 2.45) is 12.8 Å². The zero-order valence-corrected chi connectivity index (χ0v) is 11.4. The average Bonchev–Trinajstić information content (AvgIpc) is 2.60. The molecule has 0 fully saturated rings. The molecule has 0 aliphatic rings. The number of carbonyl (C=O) groups is 1. The number of hydrogen-bond acceptors (Lipinski definition) is 5. The third-order valence-electron chi connectivity index (χ3n) is 2.31.